The number of hydrogen-bond donors (Lipinski definition) is 3. The summed E-state index contributed by atoms with van der Waals surface area (Å²) in [6.07, 6.45) is 5.72. The van der Waals surface area contributed by atoms with Gasteiger partial charge in [0.05, 0.1) is 30.8 Å². The third-order valence-electron chi connectivity index (χ3n) is 5.71. The normalized spacial score (nSPS) is 14.6. The van der Waals surface area contributed by atoms with Crippen molar-refractivity contribution in [3.05, 3.63) is 53.9 Å². The maximum absolute atomic E-state index is 6.34. The first-order valence-electron chi connectivity index (χ1n) is 11.5. The molecule has 1 saturated carbocycles. The summed E-state index contributed by atoms with van der Waals surface area (Å²) in [6, 6.07) is 14.1. The van der Waals surface area contributed by atoms with Gasteiger partial charge < -0.3 is 25.1 Å². The highest BCUT2D eigenvalue weighted by molar-refractivity contribution is 5.80. The van der Waals surface area contributed by atoms with E-state index in [-0.39, 0.29) is 6.10 Å². The summed E-state index contributed by atoms with van der Waals surface area (Å²) in [6.45, 7) is 4.10. The molecule has 2 aromatic carbocycles. The predicted octanol–water partition coefficient (Wildman–Crippen LogP) is 4.19. The number of aromatic nitrogens is 2. The van der Waals surface area contributed by atoms with Crippen molar-refractivity contribution < 1.29 is 9.47 Å². The van der Waals surface area contributed by atoms with Crippen LogP contribution in [0, 0.1) is 0 Å². The Morgan fingerprint density at radius 1 is 1.12 bits per heavy atom. The zero-order chi connectivity index (χ0) is 22.2. The number of benzene rings is 2. The maximum atomic E-state index is 6.34. The Hall–Kier alpha value is -3.22. The van der Waals surface area contributed by atoms with E-state index in [0.717, 1.165) is 72.2 Å². The molecular formula is C25H33N5O2. The summed E-state index contributed by atoms with van der Waals surface area (Å²) in [5.74, 6) is 3.34. The van der Waals surface area contributed by atoms with Crippen LogP contribution in [0.15, 0.2) is 47.5 Å². The molecule has 1 aliphatic rings. The average molecular weight is 436 g/mol. The van der Waals surface area contributed by atoms with E-state index in [0.29, 0.717) is 6.54 Å². The topological polar surface area (TPSA) is 83.6 Å². The Morgan fingerprint density at radius 3 is 2.75 bits per heavy atom. The smallest absolute Gasteiger partial charge is 0.191 e. The number of guanidine groups is 1. The van der Waals surface area contributed by atoms with E-state index < -0.39 is 0 Å². The number of nitrogens with zero attached hydrogens (tertiary/aromatic N) is 2. The quantitative estimate of drug-likeness (QED) is 0.347. The molecular weight excluding hydrogens is 402 g/mol. The molecule has 0 radical (unpaired) electrons. The average Bonchev–Trinajstić information content (AvgIpc) is 3.47. The number of methoxy groups -OCH3 is 1. The first-order chi connectivity index (χ1) is 15.8. The Kier molecular flexibility index (Phi) is 7.48. The van der Waals surface area contributed by atoms with E-state index in [1.165, 1.54) is 12.8 Å². The molecule has 1 fully saturated rings. The third-order valence-corrected chi connectivity index (χ3v) is 5.71. The fourth-order valence-corrected chi connectivity index (χ4v) is 4.08. The van der Waals surface area contributed by atoms with E-state index in [9.17, 15) is 0 Å². The van der Waals surface area contributed by atoms with Crippen molar-refractivity contribution in [1.29, 1.82) is 0 Å². The molecule has 3 aromatic rings. The Labute approximate surface area is 189 Å². The highest BCUT2D eigenvalue weighted by Crippen LogP contribution is 2.35. The number of ether oxygens (including phenoxy) is 2. The summed E-state index contributed by atoms with van der Waals surface area (Å²) in [7, 11) is 1.69. The number of H-pyrrole nitrogens is 1. The minimum absolute atomic E-state index is 0.268. The summed E-state index contributed by atoms with van der Waals surface area (Å²) in [4.78, 5) is 12.8. The fourth-order valence-electron chi connectivity index (χ4n) is 4.08. The minimum atomic E-state index is 0.268. The zero-order valence-electron chi connectivity index (χ0n) is 19.0. The Balaban J connectivity index is 1.41. The molecule has 0 aliphatic heterocycles. The molecule has 0 amide bonds. The van der Waals surface area contributed by atoms with Crippen LogP contribution in [0.2, 0.25) is 0 Å². The van der Waals surface area contributed by atoms with E-state index in [2.05, 4.69) is 33.6 Å². The SMILES string of the molecule is CCNC(=NCc1cccc(OC)c1OC1CCCC1)NCCc1nc2ccccc2[nH]1. The summed E-state index contributed by atoms with van der Waals surface area (Å²) < 4.78 is 11.9. The standard InChI is InChI=1S/C25H33N5O2/c1-3-26-25(27-16-15-23-29-20-12-6-7-13-21(20)30-23)28-17-18-9-8-14-22(31-2)24(18)32-19-10-4-5-11-19/h6-9,12-14,19H,3-5,10-11,15-17H2,1-2H3,(H,29,30)(H2,26,27,28). The molecule has 3 N–H and O–H groups in total. The van der Waals surface area contributed by atoms with Crippen LogP contribution >= 0.6 is 0 Å². The van der Waals surface area contributed by atoms with Crippen molar-refractivity contribution >= 4 is 17.0 Å². The molecule has 1 aromatic heterocycles. The molecule has 7 heteroatoms. The number of rotatable bonds is 9. The van der Waals surface area contributed by atoms with Gasteiger partial charge in [-0.1, -0.05) is 24.3 Å². The van der Waals surface area contributed by atoms with Gasteiger partial charge in [-0.15, -0.1) is 0 Å². The first-order valence-corrected chi connectivity index (χ1v) is 11.5. The van der Waals surface area contributed by atoms with Gasteiger partial charge in [-0.25, -0.2) is 9.98 Å². The van der Waals surface area contributed by atoms with Gasteiger partial charge in [0.15, 0.2) is 17.5 Å². The van der Waals surface area contributed by atoms with Gasteiger partial charge in [-0.05, 0) is 50.8 Å². The minimum Gasteiger partial charge on any atom is -0.493 e. The van der Waals surface area contributed by atoms with Gasteiger partial charge in [0.1, 0.15) is 5.82 Å². The number of imidazole rings is 1. The summed E-state index contributed by atoms with van der Waals surface area (Å²) in [5, 5.41) is 6.73. The molecule has 1 aliphatic carbocycles. The van der Waals surface area contributed by atoms with Gasteiger partial charge in [-0.3, -0.25) is 0 Å². The van der Waals surface area contributed by atoms with E-state index >= 15 is 0 Å². The number of hydrogen-bond acceptors (Lipinski definition) is 4. The van der Waals surface area contributed by atoms with Crippen LogP contribution in [0.4, 0.5) is 0 Å². The number of aliphatic imine (C=N–C) groups is 1. The second-order valence-electron chi connectivity index (χ2n) is 8.05. The number of aromatic amines is 1. The molecule has 4 rings (SSSR count). The van der Waals surface area contributed by atoms with Crippen molar-refractivity contribution in [2.24, 2.45) is 4.99 Å². The van der Waals surface area contributed by atoms with Crippen LogP contribution in [-0.2, 0) is 13.0 Å². The molecule has 1 heterocycles. The van der Waals surface area contributed by atoms with Gasteiger partial charge in [0.25, 0.3) is 0 Å². The second kappa shape index (κ2) is 10.9. The molecule has 170 valence electrons. The predicted molar refractivity (Wildman–Crippen MR) is 128 cm³/mol. The molecule has 0 spiro atoms. The van der Waals surface area contributed by atoms with Gasteiger partial charge in [0.2, 0.25) is 0 Å². The summed E-state index contributed by atoms with van der Waals surface area (Å²) >= 11 is 0. The van der Waals surface area contributed by atoms with E-state index in [4.69, 9.17) is 14.5 Å². The molecule has 7 nitrogen and oxygen atoms in total. The van der Waals surface area contributed by atoms with Crippen LogP contribution in [0.25, 0.3) is 11.0 Å². The van der Waals surface area contributed by atoms with E-state index in [1.54, 1.807) is 7.11 Å². The summed E-state index contributed by atoms with van der Waals surface area (Å²) in [5.41, 5.74) is 3.09. The van der Waals surface area contributed by atoms with Crippen LogP contribution in [-0.4, -0.2) is 42.2 Å². The first kappa shape index (κ1) is 22.0. The molecule has 0 saturated heterocycles. The highest BCUT2D eigenvalue weighted by atomic mass is 16.5. The number of para-hydroxylation sites is 3. The lowest BCUT2D eigenvalue weighted by Gasteiger charge is -2.19. The molecule has 0 atom stereocenters. The van der Waals surface area contributed by atoms with Gasteiger partial charge in [0, 0.05) is 25.1 Å². The van der Waals surface area contributed by atoms with E-state index in [1.807, 2.05) is 36.4 Å². The molecule has 32 heavy (non-hydrogen) atoms. The van der Waals surface area contributed by atoms with Crippen molar-refractivity contribution in [2.75, 3.05) is 20.2 Å². The van der Waals surface area contributed by atoms with Crippen molar-refractivity contribution in [2.45, 2.75) is 51.7 Å². The van der Waals surface area contributed by atoms with Crippen molar-refractivity contribution in [3.63, 3.8) is 0 Å². The maximum Gasteiger partial charge on any atom is 0.191 e. The third kappa shape index (κ3) is 5.52. The number of fused-ring (bicyclic) bond motifs is 1. The lowest BCUT2D eigenvalue weighted by molar-refractivity contribution is 0.198. The Morgan fingerprint density at radius 2 is 1.97 bits per heavy atom. The monoisotopic (exact) mass is 435 g/mol. The largest absolute Gasteiger partial charge is 0.493 e. The molecule has 0 unspecified atom stereocenters. The Bertz CT molecular complexity index is 1010. The van der Waals surface area contributed by atoms with Crippen molar-refractivity contribution in [1.82, 2.24) is 20.6 Å². The van der Waals surface area contributed by atoms with Gasteiger partial charge >= 0.3 is 0 Å². The van der Waals surface area contributed by atoms with Crippen LogP contribution in [0.1, 0.15) is 44.0 Å². The fraction of sp³-hybridized carbons (Fsp3) is 0.440. The lowest BCUT2D eigenvalue weighted by atomic mass is 10.1. The van der Waals surface area contributed by atoms with Gasteiger partial charge in [-0.2, -0.15) is 0 Å². The van der Waals surface area contributed by atoms with Crippen LogP contribution in [0.3, 0.4) is 0 Å². The lowest BCUT2D eigenvalue weighted by Crippen LogP contribution is -2.38. The number of nitrogens with one attached hydrogen (secondary N) is 3. The molecule has 0 bridgehead atoms. The van der Waals surface area contributed by atoms with Crippen LogP contribution < -0.4 is 20.1 Å². The van der Waals surface area contributed by atoms with Crippen LogP contribution in [0.5, 0.6) is 11.5 Å². The highest BCUT2D eigenvalue weighted by Gasteiger charge is 2.20. The second-order valence-corrected chi connectivity index (χ2v) is 8.05. The zero-order valence-corrected chi connectivity index (χ0v) is 19.0. The van der Waals surface area contributed by atoms with Crippen molar-refractivity contribution in [3.8, 4) is 11.5 Å².